The average molecular weight is 357 g/mol. The summed E-state index contributed by atoms with van der Waals surface area (Å²) in [6.07, 6.45) is 0. The summed E-state index contributed by atoms with van der Waals surface area (Å²) in [4.78, 5) is 25.0. The first-order valence-electron chi connectivity index (χ1n) is 7.64. The van der Waals surface area contributed by atoms with Crippen molar-refractivity contribution in [3.63, 3.8) is 0 Å². The van der Waals surface area contributed by atoms with Crippen LogP contribution in [0.15, 0.2) is 33.9 Å². The molecule has 0 amide bonds. The maximum absolute atomic E-state index is 14.4. The largest absolute Gasteiger partial charge is 0.307 e. The van der Waals surface area contributed by atoms with Crippen LogP contribution in [0, 0.1) is 30.2 Å². The van der Waals surface area contributed by atoms with E-state index in [4.69, 9.17) is 0 Å². The number of benzene rings is 2. The van der Waals surface area contributed by atoms with Gasteiger partial charge >= 0.3 is 0 Å². The SMILES string of the molecule is Cc1cc2c(=O)cc3c4c(F)c(F)c(F)c(F)c4c4cc(=O)c(c1)c2n34. The van der Waals surface area contributed by atoms with E-state index in [0.29, 0.717) is 5.56 Å². The van der Waals surface area contributed by atoms with E-state index in [0.717, 1.165) is 12.1 Å². The summed E-state index contributed by atoms with van der Waals surface area (Å²) in [5, 5.41) is -0.740. The number of aromatic nitrogens is 1. The molecule has 5 aromatic rings. The number of rotatable bonds is 0. The normalized spacial score (nSPS) is 12.3. The van der Waals surface area contributed by atoms with Crippen LogP contribution < -0.4 is 10.9 Å². The fourth-order valence-corrected chi connectivity index (χ4v) is 3.78. The van der Waals surface area contributed by atoms with Crippen molar-refractivity contribution in [1.82, 2.24) is 4.40 Å². The zero-order valence-corrected chi connectivity index (χ0v) is 13.1. The highest BCUT2D eigenvalue weighted by Gasteiger charge is 2.27. The van der Waals surface area contributed by atoms with E-state index < -0.39 is 44.9 Å². The molecule has 0 N–H and O–H groups in total. The molecule has 0 saturated carbocycles. The standard InChI is InChI=1S/C19H7F4NO2/c1-6-2-7-11(25)4-9-13-14(16(21)18(23)17(22)15(13)20)10-5-12(26)8(3-6)19(7)24(9)10/h2-5H,1H3. The number of halogens is 4. The van der Waals surface area contributed by atoms with Gasteiger partial charge in [0.15, 0.2) is 34.1 Å². The van der Waals surface area contributed by atoms with Crippen molar-refractivity contribution in [2.75, 3.05) is 0 Å². The topological polar surface area (TPSA) is 38.5 Å². The molecule has 3 nitrogen and oxygen atoms in total. The van der Waals surface area contributed by atoms with Crippen LogP contribution in [0.2, 0.25) is 0 Å². The van der Waals surface area contributed by atoms with E-state index >= 15 is 0 Å². The minimum atomic E-state index is -1.96. The van der Waals surface area contributed by atoms with Crippen molar-refractivity contribution in [3.8, 4) is 0 Å². The van der Waals surface area contributed by atoms with Crippen LogP contribution in [0.3, 0.4) is 0 Å². The van der Waals surface area contributed by atoms with E-state index in [9.17, 15) is 27.2 Å². The molecule has 128 valence electrons. The Morgan fingerprint density at radius 3 is 1.54 bits per heavy atom. The Balaban J connectivity index is 2.31. The zero-order chi connectivity index (χ0) is 18.5. The Morgan fingerprint density at radius 1 is 0.692 bits per heavy atom. The van der Waals surface area contributed by atoms with Gasteiger partial charge in [0.2, 0.25) is 0 Å². The first-order valence-corrected chi connectivity index (χ1v) is 7.64. The molecular formula is C19H7F4NO2. The van der Waals surface area contributed by atoms with E-state index in [1.807, 2.05) is 0 Å². The van der Waals surface area contributed by atoms with E-state index in [2.05, 4.69) is 0 Å². The van der Waals surface area contributed by atoms with Gasteiger partial charge in [-0.1, -0.05) is 0 Å². The monoisotopic (exact) mass is 357 g/mol. The first kappa shape index (κ1) is 15.1. The number of hydrogen-bond acceptors (Lipinski definition) is 2. The third kappa shape index (κ3) is 1.53. The molecule has 26 heavy (non-hydrogen) atoms. The number of aryl methyl sites for hydroxylation is 1. The molecule has 0 fully saturated rings. The van der Waals surface area contributed by atoms with Crippen LogP contribution in [0.1, 0.15) is 5.56 Å². The number of nitrogens with zero attached hydrogens (tertiary/aromatic N) is 1. The maximum Gasteiger partial charge on any atom is 0.198 e. The zero-order valence-electron chi connectivity index (χ0n) is 13.1. The van der Waals surface area contributed by atoms with Crippen LogP contribution in [0.25, 0.3) is 38.1 Å². The second-order valence-electron chi connectivity index (χ2n) is 6.34. The van der Waals surface area contributed by atoms with Gasteiger partial charge in [-0.15, -0.1) is 0 Å². The Labute approximate surface area is 141 Å². The molecule has 0 aliphatic carbocycles. The third-order valence-corrected chi connectivity index (χ3v) is 4.81. The smallest absolute Gasteiger partial charge is 0.198 e. The van der Waals surface area contributed by atoms with Crippen molar-refractivity contribution < 1.29 is 17.6 Å². The van der Waals surface area contributed by atoms with Crippen molar-refractivity contribution in [2.24, 2.45) is 0 Å². The summed E-state index contributed by atoms with van der Waals surface area (Å²) < 4.78 is 57.7. The van der Waals surface area contributed by atoms with Crippen molar-refractivity contribution in [3.05, 3.63) is 73.5 Å². The molecule has 3 aromatic heterocycles. The highest BCUT2D eigenvalue weighted by atomic mass is 19.2. The Kier molecular flexibility index (Phi) is 2.60. The molecule has 3 heterocycles. The molecule has 0 saturated heterocycles. The summed E-state index contributed by atoms with van der Waals surface area (Å²) in [5.74, 6) is -7.12. The highest BCUT2D eigenvalue weighted by molar-refractivity contribution is 6.14. The molecule has 5 rings (SSSR count). The van der Waals surface area contributed by atoms with Crippen LogP contribution in [-0.4, -0.2) is 4.40 Å². The van der Waals surface area contributed by atoms with Gasteiger partial charge in [-0.2, -0.15) is 0 Å². The van der Waals surface area contributed by atoms with Gasteiger partial charge in [-0.05, 0) is 24.6 Å². The van der Waals surface area contributed by atoms with Crippen molar-refractivity contribution in [2.45, 2.75) is 6.92 Å². The van der Waals surface area contributed by atoms with Gasteiger partial charge in [0.25, 0.3) is 0 Å². The van der Waals surface area contributed by atoms with Gasteiger partial charge in [0.1, 0.15) is 0 Å². The maximum atomic E-state index is 14.4. The second kappa shape index (κ2) is 4.49. The van der Waals surface area contributed by atoms with Gasteiger partial charge in [0, 0.05) is 22.9 Å². The van der Waals surface area contributed by atoms with Gasteiger partial charge < -0.3 is 4.40 Å². The Bertz CT molecular complexity index is 1410. The molecule has 0 aliphatic rings. The molecule has 2 aromatic carbocycles. The fraction of sp³-hybridized carbons (Fsp3) is 0.0526. The van der Waals surface area contributed by atoms with E-state index in [1.54, 1.807) is 19.1 Å². The molecule has 0 radical (unpaired) electrons. The summed E-state index contributed by atoms with van der Waals surface area (Å²) >= 11 is 0. The lowest BCUT2D eigenvalue weighted by atomic mass is 10.1. The Morgan fingerprint density at radius 2 is 1.12 bits per heavy atom. The lowest BCUT2D eigenvalue weighted by Crippen LogP contribution is -2.10. The van der Waals surface area contributed by atoms with E-state index in [1.165, 1.54) is 4.40 Å². The lowest BCUT2D eigenvalue weighted by Gasteiger charge is -2.08. The molecule has 0 atom stereocenters. The number of hydrogen-bond donors (Lipinski definition) is 0. The predicted octanol–water partition coefficient (Wildman–Crippen LogP) is 3.86. The predicted molar refractivity (Wildman–Crippen MR) is 89.4 cm³/mol. The number of pyridine rings is 2. The summed E-state index contributed by atoms with van der Waals surface area (Å²) in [6.45, 7) is 1.71. The van der Waals surface area contributed by atoms with Gasteiger partial charge in [0.05, 0.1) is 27.3 Å². The number of fused-ring (bicyclic) bond motifs is 3. The molecule has 0 bridgehead atoms. The van der Waals surface area contributed by atoms with E-state index in [-0.39, 0.29) is 27.3 Å². The summed E-state index contributed by atoms with van der Waals surface area (Å²) in [6, 6.07) is 5.20. The highest BCUT2D eigenvalue weighted by Crippen LogP contribution is 2.37. The molecular weight excluding hydrogens is 350 g/mol. The first-order chi connectivity index (χ1) is 12.3. The van der Waals surface area contributed by atoms with Gasteiger partial charge in [-0.25, -0.2) is 17.6 Å². The molecule has 0 unspecified atom stereocenters. The molecule has 7 heteroatoms. The van der Waals surface area contributed by atoms with Crippen LogP contribution in [0.4, 0.5) is 17.6 Å². The van der Waals surface area contributed by atoms with Crippen molar-refractivity contribution in [1.29, 1.82) is 0 Å². The van der Waals surface area contributed by atoms with Crippen LogP contribution in [-0.2, 0) is 0 Å². The minimum Gasteiger partial charge on any atom is -0.307 e. The Hall–Kier alpha value is -3.22. The lowest BCUT2D eigenvalue weighted by molar-refractivity contribution is 0.418. The second-order valence-corrected chi connectivity index (χ2v) is 6.34. The summed E-state index contributed by atoms with van der Waals surface area (Å²) in [7, 11) is 0. The average Bonchev–Trinajstić information content (AvgIpc) is 2.92. The minimum absolute atomic E-state index is 0.114. The molecule has 0 spiro atoms. The third-order valence-electron chi connectivity index (χ3n) is 4.81. The van der Waals surface area contributed by atoms with Crippen LogP contribution in [0.5, 0.6) is 0 Å². The quantitative estimate of drug-likeness (QED) is 0.240. The summed E-state index contributed by atoms with van der Waals surface area (Å²) in [5.41, 5.74) is -0.435. The molecule has 0 aliphatic heterocycles. The van der Waals surface area contributed by atoms with Crippen LogP contribution >= 0.6 is 0 Å². The fourth-order valence-electron chi connectivity index (χ4n) is 3.78. The van der Waals surface area contributed by atoms with Gasteiger partial charge in [-0.3, -0.25) is 9.59 Å². The van der Waals surface area contributed by atoms with Crippen molar-refractivity contribution >= 4 is 38.1 Å².